The fourth-order valence-corrected chi connectivity index (χ4v) is 1.51. The molecule has 0 saturated carbocycles. The Morgan fingerprint density at radius 3 is 2.60 bits per heavy atom. The van der Waals surface area contributed by atoms with Crippen LogP contribution >= 0.6 is 0 Å². The molecule has 1 aromatic carbocycles. The van der Waals surface area contributed by atoms with Gasteiger partial charge in [-0.25, -0.2) is 0 Å². The van der Waals surface area contributed by atoms with Gasteiger partial charge < -0.3 is 20.1 Å². The molecular formula is C13H17N5O2. The molecule has 0 radical (unpaired) electrons. The third-order valence-electron chi connectivity index (χ3n) is 2.35. The lowest BCUT2D eigenvalue weighted by Crippen LogP contribution is -2.15. The molecule has 0 aliphatic carbocycles. The molecule has 1 heterocycles. The van der Waals surface area contributed by atoms with Gasteiger partial charge in [-0.3, -0.25) is 0 Å². The van der Waals surface area contributed by atoms with Gasteiger partial charge in [-0.05, 0) is 19.1 Å². The maximum absolute atomic E-state index is 5.63. The maximum atomic E-state index is 5.63. The molecule has 0 aliphatic heterocycles. The summed E-state index contributed by atoms with van der Waals surface area (Å²) in [4.78, 5) is 13.8. The van der Waals surface area contributed by atoms with E-state index in [1.165, 1.54) is 0 Å². The summed E-state index contributed by atoms with van der Waals surface area (Å²) in [5, 5.41) is 0. The van der Waals surface area contributed by atoms with Crippen molar-refractivity contribution in [2.24, 2.45) is 0 Å². The van der Waals surface area contributed by atoms with Crippen molar-refractivity contribution in [1.82, 2.24) is 15.0 Å². The second-order valence-corrected chi connectivity index (χ2v) is 4.18. The van der Waals surface area contributed by atoms with Gasteiger partial charge in [0.25, 0.3) is 0 Å². The van der Waals surface area contributed by atoms with Crippen LogP contribution in [0.3, 0.4) is 0 Å². The highest BCUT2D eigenvalue weighted by molar-refractivity contribution is 5.37. The Morgan fingerprint density at radius 2 is 1.90 bits per heavy atom. The molecule has 20 heavy (non-hydrogen) atoms. The van der Waals surface area contributed by atoms with Crippen LogP contribution in [0, 0.1) is 0 Å². The van der Waals surface area contributed by atoms with Crippen molar-refractivity contribution >= 4 is 11.9 Å². The van der Waals surface area contributed by atoms with Crippen molar-refractivity contribution in [3.05, 3.63) is 24.3 Å². The quantitative estimate of drug-likeness (QED) is 0.888. The zero-order valence-corrected chi connectivity index (χ0v) is 11.7. The topological polar surface area (TPSA) is 86.4 Å². The number of aromatic nitrogens is 3. The number of hydrogen-bond donors (Lipinski definition) is 1. The van der Waals surface area contributed by atoms with E-state index < -0.39 is 0 Å². The van der Waals surface area contributed by atoms with Gasteiger partial charge in [0.2, 0.25) is 11.9 Å². The first-order valence-corrected chi connectivity index (χ1v) is 6.18. The van der Waals surface area contributed by atoms with Crippen LogP contribution < -0.4 is 20.1 Å². The third-order valence-corrected chi connectivity index (χ3v) is 2.35. The molecule has 7 nitrogen and oxygen atoms in total. The van der Waals surface area contributed by atoms with Crippen LogP contribution in [0.25, 0.3) is 0 Å². The maximum Gasteiger partial charge on any atom is 0.328 e. The van der Waals surface area contributed by atoms with E-state index in [0.717, 1.165) is 5.75 Å². The van der Waals surface area contributed by atoms with Gasteiger partial charge >= 0.3 is 6.01 Å². The Kier molecular flexibility index (Phi) is 4.19. The van der Waals surface area contributed by atoms with Crippen LogP contribution in [0.5, 0.6) is 17.5 Å². The summed E-state index contributed by atoms with van der Waals surface area (Å²) in [5.74, 6) is 1.85. The zero-order chi connectivity index (χ0) is 14.5. The van der Waals surface area contributed by atoms with Gasteiger partial charge in [-0.15, -0.1) is 0 Å². The van der Waals surface area contributed by atoms with Crippen molar-refractivity contribution in [1.29, 1.82) is 0 Å². The van der Waals surface area contributed by atoms with E-state index in [0.29, 0.717) is 18.3 Å². The Labute approximate surface area is 117 Å². The van der Waals surface area contributed by atoms with Crippen molar-refractivity contribution in [3.63, 3.8) is 0 Å². The number of nitrogens with zero attached hydrogens (tertiary/aromatic N) is 4. The fraction of sp³-hybridized carbons (Fsp3) is 0.308. The summed E-state index contributed by atoms with van der Waals surface area (Å²) in [7, 11) is 3.63. The van der Waals surface area contributed by atoms with Gasteiger partial charge in [-0.1, -0.05) is 6.07 Å². The minimum Gasteiger partial charge on any atom is -0.494 e. The van der Waals surface area contributed by atoms with E-state index in [1.807, 2.05) is 33.2 Å². The van der Waals surface area contributed by atoms with Gasteiger partial charge in [0.1, 0.15) is 11.5 Å². The van der Waals surface area contributed by atoms with Crippen LogP contribution in [-0.2, 0) is 0 Å². The number of ether oxygens (including phenoxy) is 2. The fourth-order valence-electron chi connectivity index (χ4n) is 1.51. The lowest BCUT2D eigenvalue weighted by atomic mass is 10.3. The molecule has 2 N–H and O–H groups in total. The zero-order valence-electron chi connectivity index (χ0n) is 11.7. The number of nitrogen functional groups attached to an aromatic ring is 1. The smallest absolute Gasteiger partial charge is 0.328 e. The Balaban J connectivity index is 2.23. The van der Waals surface area contributed by atoms with Crippen LogP contribution in [0.4, 0.5) is 11.9 Å². The van der Waals surface area contributed by atoms with Crippen LogP contribution in [0.1, 0.15) is 6.92 Å². The Bertz CT molecular complexity index is 589. The highest BCUT2D eigenvalue weighted by Gasteiger charge is 2.08. The van der Waals surface area contributed by atoms with E-state index in [9.17, 15) is 0 Å². The summed E-state index contributed by atoms with van der Waals surface area (Å²) in [6.07, 6.45) is 0. The predicted molar refractivity (Wildman–Crippen MR) is 76.3 cm³/mol. The minimum absolute atomic E-state index is 0.111. The van der Waals surface area contributed by atoms with Crippen molar-refractivity contribution in [3.8, 4) is 17.5 Å². The summed E-state index contributed by atoms with van der Waals surface area (Å²) < 4.78 is 11.0. The molecule has 1 aromatic heterocycles. The molecule has 0 bridgehead atoms. The van der Waals surface area contributed by atoms with E-state index in [-0.39, 0.29) is 12.0 Å². The molecule has 0 amide bonds. The molecule has 0 atom stereocenters. The minimum atomic E-state index is 0.111. The van der Waals surface area contributed by atoms with Crippen molar-refractivity contribution in [2.45, 2.75) is 6.92 Å². The molecule has 0 spiro atoms. The molecule has 0 aliphatic rings. The third kappa shape index (κ3) is 3.47. The van der Waals surface area contributed by atoms with Crippen molar-refractivity contribution in [2.75, 3.05) is 31.3 Å². The first-order chi connectivity index (χ1) is 9.58. The van der Waals surface area contributed by atoms with Gasteiger partial charge in [0, 0.05) is 20.2 Å². The lowest BCUT2D eigenvalue weighted by Gasteiger charge is -2.12. The van der Waals surface area contributed by atoms with E-state index in [2.05, 4.69) is 15.0 Å². The first-order valence-electron chi connectivity index (χ1n) is 6.18. The SMILES string of the molecule is CCOc1cccc(Oc2nc(N)nc(N(C)C)n2)c1. The monoisotopic (exact) mass is 275 g/mol. The van der Waals surface area contributed by atoms with Gasteiger partial charge in [0.05, 0.1) is 6.61 Å². The number of benzene rings is 1. The van der Waals surface area contributed by atoms with Gasteiger partial charge in [0.15, 0.2) is 0 Å². The van der Waals surface area contributed by atoms with Gasteiger partial charge in [-0.2, -0.15) is 15.0 Å². The van der Waals surface area contributed by atoms with Crippen molar-refractivity contribution < 1.29 is 9.47 Å². The van der Waals surface area contributed by atoms with Crippen LogP contribution in [-0.4, -0.2) is 35.7 Å². The summed E-state index contributed by atoms with van der Waals surface area (Å²) >= 11 is 0. The summed E-state index contributed by atoms with van der Waals surface area (Å²) in [5.41, 5.74) is 5.63. The molecule has 7 heteroatoms. The van der Waals surface area contributed by atoms with Crippen LogP contribution in [0.15, 0.2) is 24.3 Å². The number of hydrogen-bond acceptors (Lipinski definition) is 7. The van der Waals surface area contributed by atoms with Crippen LogP contribution in [0.2, 0.25) is 0 Å². The first kappa shape index (κ1) is 13.9. The second kappa shape index (κ2) is 6.05. The Hall–Kier alpha value is -2.57. The summed E-state index contributed by atoms with van der Waals surface area (Å²) in [6.45, 7) is 2.51. The average molecular weight is 275 g/mol. The summed E-state index contributed by atoms with van der Waals surface area (Å²) in [6, 6.07) is 7.38. The van der Waals surface area contributed by atoms with E-state index in [1.54, 1.807) is 17.0 Å². The highest BCUT2D eigenvalue weighted by atomic mass is 16.5. The Morgan fingerprint density at radius 1 is 1.15 bits per heavy atom. The number of anilines is 2. The second-order valence-electron chi connectivity index (χ2n) is 4.18. The highest BCUT2D eigenvalue weighted by Crippen LogP contribution is 2.24. The normalized spacial score (nSPS) is 10.2. The standard InChI is InChI=1S/C13H17N5O2/c1-4-19-9-6-5-7-10(8-9)20-13-16-11(14)15-12(17-13)18(2)3/h5-8H,4H2,1-3H3,(H2,14,15,16,17). The molecule has 106 valence electrons. The largest absolute Gasteiger partial charge is 0.494 e. The molecule has 2 aromatic rings. The molecule has 0 saturated heterocycles. The molecule has 0 fully saturated rings. The predicted octanol–water partition coefficient (Wildman–Crippen LogP) is 1.71. The average Bonchev–Trinajstić information content (AvgIpc) is 2.38. The number of rotatable bonds is 5. The lowest BCUT2D eigenvalue weighted by molar-refractivity contribution is 0.337. The molecule has 2 rings (SSSR count). The number of nitrogens with two attached hydrogens (primary N) is 1. The van der Waals surface area contributed by atoms with E-state index >= 15 is 0 Å². The molecule has 0 unspecified atom stereocenters. The van der Waals surface area contributed by atoms with E-state index in [4.69, 9.17) is 15.2 Å². The molecular weight excluding hydrogens is 258 g/mol.